The van der Waals surface area contributed by atoms with Crippen LogP contribution in [0.15, 0.2) is 107 Å². The Labute approximate surface area is 188 Å². The number of esters is 1. The van der Waals surface area contributed by atoms with Gasteiger partial charge in [-0.2, -0.15) is 4.57 Å². The first-order chi connectivity index (χ1) is 16.0. The van der Waals surface area contributed by atoms with Gasteiger partial charge in [0.2, 0.25) is 0 Å². The Morgan fingerprint density at radius 1 is 0.788 bits per heavy atom. The number of rotatable bonds is 6. The molecule has 33 heavy (non-hydrogen) atoms. The van der Waals surface area contributed by atoms with E-state index >= 15 is 0 Å². The summed E-state index contributed by atoms with van der Waals surface area (Å²) < 4.78 is 6.26. The highest BCUT2D eigenvalue weighted by Gasteiger charge is 2.21. The second-order valence-electron chi connectivity index (χ2n) is 7.32. The number of H-pyrrole nitrogens is 1. The molecule has 1 heterocycles. The first-order valence-corrected chi connectivity index (χ1v) is 10.3. The number of aromatic amines is 1. The number of benzene rings is 3. The van der Waals surface area contributed by atoms with Gasteiger partial charge in [-0.1, -0.05) is 66.7 Å². The lowest BCUT2D eigenvalue weighted by Crippen LogP contribution is -2.40. The van der Waals surface area contributed by atoms with Gasteiger partial charge in [0.1, 0.15) is 6.10 Å². The van der Waals surface area contributed by atoms with Crippen LogP contribution in [0, 0.1) is 0 Å². The van der Waals surface area contributed by atoms with Crippen molar-refractivity contribution < 1.29 is 14.3 Å². The molecular weight excluding hydrogens is 420 g/mol. The summed E-state index contributed by atoms with van der Waals surface area (Å²) in [5, 5.41) is 0. The molecule has 1 N–H and O–H groups in total. The van der Waals surface area contributed by atoms with Gasteiger partial charge in [0, 0.05) is 23.7 Å². The second kappa shape index (κ2) is 9.74. The molecule has 0 saturated carbocycles. The van der Waals surface area contributed by atoms with Crippen LogP contribution in [0.1, 0.15) is 38.1 Å². The van der Waals surface area contributed by atoms with Crippen molar-refractivity contribution in [3.05, 3.63) is 140 Å². The molecule has 3 aromatic carbocycles. The molecule has 1 aromatic heterocycles. The van der Waals surface area contributed by atoms with Gasteiger partial charge < -0.3 is 9.72 Å². The Balaban J connectivity index is 1.64. The molecular formula is C26H20N2O5. The second-order valence-corrected chi connectivity index (χ2v) is 7.32. The van der Waals surface area contributed by atoms with E-state index in [2.05, 4.69) is 4.98 Å². The number of hydrogen-bond acceptors (Lipinski definition) is 5. The molecule has 1 atom stereocenters. The minimum absolute atomic E-state index is 0.0490. The number of carbonyl (C=O) groups excluding carboxylic acids is 2. The predicted octanol–water partition coefficient (Wildman–Crippen LogP) is 3.37. The SMILES string of the molecule is O=C(OC(Cc1cc(=O)n(C(=O)c2ccccc2)c(=O)[nH]1)c1ccccc1)c1ccccc1. The average molecular weight is 440 g/mol. The van der Waals surface area contributed by atoms with Crippen molar-refractivity contribution in [1.29, 1.82) is 0 Å². The van der Waals surface area contributed by atoms with Crippen LogP contribution in [-0.2, 0) is 11.2 Å². The monoisotopic (exact) mass is 440 g/mol. The van der Waals surface area contributed by atoms with E-state index in [1.807, 2.05) is 6.07 Å². The zero-order valence-corrected chi connectivity index (χ0v) is 17.5. The summed E-state index contributed by atoms with van der Waals surface area (Å²) >= 11 is 0. The number of nitrogens with zero attached hydrogens (tertiary/aromatic N) is 1. The van der Waals surface area contributed by atoms with E-state index in [0.29, 0.717) is 15.7 Å². The zero-order valence-electron chi connectivity index (χ0n) is 17.5. The highest BCUT2D eigenvalue weighted by Crippen LogP contribution is 2.22. The molecule has 0 aliphatic rings. The van der Waals surface area contributed by atoms with Crippen molar-refractivity contribution in [2.75, 3.05) is 0 Å². The summed E-state index contributed by atoms with van der Waals surface area (Å²) in [6.07, 6.45) is -0.706. The Morgan fingerprint density at radius 3 is 1.91 bits per heavy atom. The van der Waals surface area contributed by atoms with Crippen LogP contribution in [0.4, 0.5) is 0 Å². The third kappa shape index (κ3) is 5.04. The summed E-state index contributed by atoms with van der Waals surface area (Å²) in [7, 11) is 0. The molecule has 164 valence electrons. The van der Waals surface area contributed by atoms with Crippen molar-refractivity contribution in [3.8, 4) is 0 Å². The molecule has 0 amide bonds. The fraction of sp³-hybridized carbons (Fsp3) is 0.0769. The molecule has 0 aliphatic heterocycles. The number of aromatic nitrogens is 2. The van der Waals surface area contributed by atoms with Crippen molar-refractivity contribution in [2.45, 2.75) is 12.5 Å². The quantitative estimate of drug-likeness (QED) is 0.464. The average Bonchev–Trinajstić information content (AvgIpc) is 2.84. The van der Waals surface area contributed by atoms with E-state index in [9.17, 15) is 19.2 Å². The molecule has 0 fully saturated rings. The number of nitrogens with one attached hydrogen (secondary N) is 1. The van der Waals surface area contributed by atoms with E-state index in [0.717, 1.165) is 0 Å². The van der Waals surface area contributed by atoms with E-state index in [1.54, 1.807) is 72.8 Å². The zero-order chi connectivity index (χ0) is 23.2. The number of ether oxygens (including phenoxy) is 1. The molecule has 7 nitrogen and oxygen atoms in total. The molecule has 1 unspecified atom stereocenters. The van der Waals surface area contributed by atoms with E-state index in [1.165, 1.54) is 18.2 Å². The van der Waals surface area contributed by atoms with E-state index in [4.69, 9.17) is 4.74 Å². The van der Waals surface area contributed by atoms with Crippen molar-refractivity contribution in [3.63, 3.8) is 0 Å². The van der Waals surface area contributed by atoms with Gasteiger partial charge in [0.05, 0.1) is 5.56 Å². The summed E-state index contributed by atoms with van der Waals surface area (Å²) in [5.74, 6) is -1.25. The molecule has 0 radical (unpaired) electrons. The summed E-state index contributed by atoms with van der Waals surface area (Å²) in [6, 6.07) is 26.8. The van der Waals surface area contributed by atoms with Gasteiger partial charge in [0.25, 0.3) is 11.5 Å². The highest BCUT2D eigenvalue weighted by atomic mass is 16.5. The van der Waals surface area contributed by atoms with Crippen molar-refractivity contribution in [1.82, 2.24) is 9.55 Å². The summed E-state index contributed by atoms with van der Waals surface area (Å²) in [5.41, 5.74) is -0.0621. The van der Waals surface area contributed by atoms with Gasteiger partial charge in [0.15, 0.2) is 0 Å². The van der Waals surface area contributed by atoms with Crippen LogP contribution in [0.2, 0.25) is 0 Å². The fourth-order valence-electron chi connectivity index (χ4n) is 3.42. The molecule has 4 rings (SSSR count). The van der Waals surface area contributed by atoms with Gasteiger partial charge >= 0.3 is 11.7 Å². The Morgan fingerprint density at radius 2 is 1.33 bits per heavy atom. The van der Waals surface area contributed by atoms with Crippen LogP contribution in [0.25, 0.3) is 0 Å². The van der Waals surface area contributed by atoms with Gasteiger partial charge in [-0.3, -0.25) is 9.59 Å². The number of hydrogen-bond donors (Lipinski definition) is 1. The maximum atomic E-state index is 12.7. The maximum absolute atomic E-state index is 12.7. The molecule has 0 aliphatic carbocycles. The van der Waals surface area contributed by atoms with Crippen LogP contribution < -0.4 is 11.2 Å². The van der Waals surface area contributed by atoms with E-state index in [-0.39, 0.29) is 17.7 Å². The maximum Gasteiger partial charge on any atom is 0.338 e. The molecule has 4 aromatic rings. The first-order valence-electron chi connectivity index (χ1n) is 10.3. The number of carbonyl (C=O) groups is 2. The Kier molecular flexibility index (Phi) is 6.40. The lowest BCUT2D eigenvalue weighted by Gasteiger charge is -2.18. The van der Waals surface area contributed by atoms with Gasteiger partial charge in [-0.25, -0.2) is 9.59 Å². The first kappa shape index (κ1) is 21.7. The van der Waals surface area contributed by atoms with Gasteiger partial charge in [-0.05, 0) is 29.8 Å². The third-order valence-electron chi connectivity index (χ3n) is 5.05. The van der Waals surface area contributed by atoms with Crippen LogP contribution >= 0.6 is 0 Å². The lowest BCUT2D eigenvalue weighted by atomic mass is 10.0. The third-order valence-corrected chi connectivity index (χ3v) is 5.05. The smallest absolute Gasteiger partial charge is 0.338 e. The molecule has 0 bridgehead atoms. The van der Waals surface area contributed by atoms with Crippen molar-refractivity contribution >= 4 is 11.9 Å². The Bertz CT molecular complexity index is 1350. The fourth-order valence-corrected chi connectivity index (χ4v) is 3.42. The predicted molar refractivity (Wildman–Crippen MR) is 122 cm³/mol. The topological polar surface area (TPSA) is 98.2 Å². The van der Waals surface area contributed by atoms with Crippen LogP contribution in [0.3, 0.4) is 0 Å². The molecule has 0 saturated heterocycles. The largest absolute Gasteiger partial charge is 0.453 e. The minimum Gasteiger partial charge on any atom is -0.453 e. The van der Waals surface area contributed by atoms with Crippen LogP contribution in [-0.4, -0.2) is 21.4 Å². The van der Waals surface area contributed by atoms with Crippen molar-refractivity contribution in [2.24, 2.45) is 0 Å². The van der Waals surface area contributed by atoms with Crippen LogP contribution in [0.5, 0.6) is 0 Å². The summed E-state index contributed by atoms with van der Waals surface area (Å²) in [6.45, 7) is 0. The Hall–Kier alpha value is -4.52. The van der Waals surface area contributed by atoms with Gasteiger partial charge in [-0.15, -0.1) is 0 Å². The normalized spacial score (nSPS) is 11.5. The molecule has 7 heteroatoms. The van der Waals surface area contributed by atoms with E-state index < -0.39 is 29.2 Å². The standard InChI is InChI=1S/C26H20N2O5/c29-23-17-21(27-26(32)28(23)24(30)19-12-6-2-7-13-19)16-22(18-10-4-1-5-11-18)33-25(31)20-14-8-3-9-15-20/h1-15,17,22H,16H2,(H,27,32). The lowest BCUT2D eigenvalue weighted by molar-refractivity contribution is 0.0295. The summed E-state index contributed by atoms with van der Waals surface area (Å²) in [4.78, 5) is 53.1. The molecule has 0 spiro atoms. The highest BCUT2D eigenvalue weighted by molar-refractivity contribution is 5.95. The minimum atomic E-state index is -0.854.